The van der Waals surface area contributed by atoms with Crippen molar-refractivity contribution >= 4 is 17.3 Å². The van der Waals surface area contributed by atoms with Gasteiger partial charge in [-0.1, -0.05) is 44.2 Å². The van der Waals surface area contributed by atoms with Crippen molar-refractivity contribution in [2.24, 2.45) is 0 Å². The van der Waals surface area contributed by atoms with Gasteiger partial charge in [-0.15, -0.1) is 0 Å². The highest BCUT2D eigenvalue weighted by molar-refractivity contribution is 5.61. The van der Waals surface area contributed by atoms with Gasteiger partial charge in [0.05, 0.1) is 6.20 Å². The summed E-state index contributed by atoms with van der Waals surface area (Å²) in [7, 11) is 0. The first-order valence-electron chi connectivity index (χ1n) is 8.47. The molecule has 1 aromatic carbocycles. The first-order chi connectivity index (χ1) is 11.5. The van der Waals surface area contributed by atoms with E-state index >= 15 is 0 Å². The van der Waals surface area contributed by atoms with Gasteiger partial charge in [-0.05, 0) is 25.3 Å². The van der Waals surface area contributed by atoms with E-state index in [0.717, 1.165) is 29.4 Å². The molecule has 0 unspecified atom stereocenters. The van der Waals surface area contributed by atoms with Crippen molar-refractivity contribution in [3.05, 3.63) is 53.7 Å². The van der Waals surface area contributed by atoms with E-state index in [1.807, 2.05) is 22.8 Å². The third kappa shape index (κ3) is 3.50. The predicted molar refractivity (Wildman–Crippen MR) is 99.6 cm³/mol. The van der Waals surface area contributed by atoms with E-state index in [1.165, 1.54) is 5.56 Å². The second-order valence-corrected chi connectivity index (χ2v) is 6.65. The summed E-state index contributed by atoms with van der Waals surface area (Å²) < 4.78 is 1.89. The molecular formula is C19H25N5. The fourth-order valence-corrected chi connectivity index (χ4v) is 2.67. The lowest BCUT2D eigenvalue weighted by atomic mass is 10.1. The molecule has 2 N–H and O–H groups in total. The van der Waals surface area contributed by atoms with Gasteiger partial charge in [0.1, 0.15) is 11.6 Å². The van der Waals surface area contributed by atoms with Gasteiger partial charge >= 0.3 is 0 Å². The van der Waals surface area contributed by atoms with E-state index < -0.39 is 0 Å². The number of benzene rings is 1. The van der Waals surface area contributed by atoms with Crippen LogP contribution in [0.3, 0.4) is 0 Å². The van der Waals surface area contributed by atoms with E-state index in [2.05, 4.69) is 67.7 Å². The van der Waals surface area contributed by atoms with Crippen molar-refractivity contribution in [3.8, 4) is 0 Å². The summed E-state index contributed by atoms with van der Waals surface area (Å²) in [5.74, 6) is 2.20. The Morgan fingerprint density at radius 1 is 1.08 bits per heavy atom. The van der Waals surface area contributed by atoms with Crippen LogP contribution in [0.2, 0.25) is 0 Å². The van der Waals surface area contributed by atoms with E-state index in [4.69, 9.17) is 4.98 Å². The summed E-state index contributed by atoms with van der Waals surface area (Å²) in [5.41, 5.74) is 3.30. The van der Waals surface area contributed by atoms with Crippen LogP contribution in [0.4, 0.5) is 11.6 Å². The van der Waals surface area contributed by atoms with Crippen LogP contribution in [0.25, 0.3) is 5.65 Å². The SMILES string of the molecule is CC(C)Nc1cc(NCc2ccccc2)n2ncc(C(C)C)c2n1. The summed E-state index contributed by atoms with van der Waals surface area (Å²) in [6.45, 7) is 9.31. The van der Waals surface area contributed by atoms with Gasteiger partial charge in [-0.2, -0.15) is 9.61 Å². The molecule has 0 amide bonds. The smallest absolute Gasteiger partial charge is 0.163 e. The fraction of sp³-hybridized carbons (Fsp3) is 0.368. The van der Waals surface area contributed by atoms with Gasteiger partial charge in [0.2, 0.25) is 0 Å². The zero-order chi connectivity index (χ0) is 17.1. The second-order valence-electron chi connectivity index (χ2n) is 6.65. The van der Waals surface area contributed by atoms with Crippen molar-refractivity contribution in [1.29, 1.82) is 0 Å². The van der Waals surface area contributed by atoms with Gasteiger partial charge in [0.25, 0.3) is 0 Å². The van der Waals surface area contributed by atoms with E-state index in [9.17, 15) is 0 Å². The Morgan fingerprint density at radius 2 is 1.83 bits per heavy atom. The van der Waals surface area contributed by atoms with Gasteiger partial charge in [0, 0.05) is 24.2 Å². The van der Waals surface area contributed by atoms with E-state index in [1.54, 1.807) is 0 Å². The maximum atomic E-state index is 4.76. The topological polar surface area (TPSA) is 54.2 Å². The minimum atomic E-state index is 0.326. The molecule has 0 saturated carbocycles. The molecule has 0 spiro atoms. The molecule has 0 radical (unpaired) electrons. The van der Waals surface area contributed by atoms with Crippen LogP contribution in [-0.4, -0.2) is 20.6 Å². The zero-order valence-corrected chi connectivity index (χ0v) is 14.7. The molecule has 0 aliphatic rings. The maximum Gasteiger partial charge on any atom is 0.163 e. The highest BCUT2D eigenvalue weighted by Crippen LogP contribution is 2.24. The molecule has 2 aromatic heterocycles. The van der Waals surface area contributed by atoms with E-state index in [-0.39, 0.29) is 0 Å². The van der Waals surface area contributed by atoms with Crippen molar-refractivity contribution in [2.75, 3.05) is 10.6 Å². The average molecular weight is 323 g/mol. The van der Waals surface area contributed by atoms with Crippen molar-refractivity contribution in [2.45, 2.75) is 46.2 Å². The number of anilines is 2. The summed E-state index contributed by atoms with van der Waals surface area (Å²) in [6.07, 6.45) is 1.92. The normalized spacial score (nSPS) is 11.4. The molecule has 0 fully saturated rings. The number of hydrogen-bond donors (Lipinski definition) is 2. The lowest BCUT2D eigenvalue weighted by Crippen LogP contribution is -2.13. The molecule has 3 rings (SSSR count). The number of fused-ring (bicyclic) bond motifs is 1. The predicted octanol–water partition coefficient (Wildman–Crippen LogP) is 4.29. The molecule has 0 saturated heterocycles. The molecule has 126 valence electrons. The first-order valence-corrected chi connectivity index (χ1v) is 8.47. The van der Waals surface area contributed by atoms with Crippen LogP contribution in [0, 0.1) is 0 Å². The van der Waals surface area contributed by atoms with Crippen LogP contribution in [0.1, 0.15) is 44.7 Å². The number of nitrogens with one attached hydrogen (secondary N) is 2. The number of rotatable bonds is 6. The standard InChI is InChI=1S/C19H25N5/c1-13(2)16-12-21-24-18(20-11-15-8-6-5-7-9-15)10-17(22-14(3)4)23-19(16)24/h5-10,12-14,20H,11H2,1-4H3,(H,22,23). The number of hydrogen-bond acceptors (Lipinski definition) is 4. The van der Waals surface area contributed by atoms with Crippen LogP contribution < -0.4 is 10.6 Å². The van der Waals surface area contributed by atoms with Crippen molar-refractivity contribution in [1.82, 2.24) is 14.6 Å². The number of aromatic nitrogens is 3. The molecule has 5 heteroatoms. The lowest BCUT2D eigenvalue weighted by Gasteiger charge is -2.14. The Balaban J connectivity index is 1.98. The van der Waals surface area contributed by atoms with Crippen LogP contribution >= 0.6 is 0 Å². The molecule has 2 heterocycles. The largest absolute Gasteiger partial charge is 0.368 e. The first kappa shape index (κ1) is 16.3. The molecule has 3 aromatic rings. The van der Waals surface area contributed by atoms with Gasteiger partial charge in [-0.25, -0.2) is 4.98 Å². The minimum absolute atomic E-state index is 0.326. The van der Waals surface area contributed by atoms with Gasteiger partial charge < -0.3 is 10.6 Å². The molecule has 0 atom stereocenters. The number of nitrogens with zero attached hydrogens (tertiary/aromatic N) is 3. The Bertz CT molecular complexity index is 805. The fourth-order valence-electron chi connectivity index (χ4n) is 2.67. The molecule has 0 bridgehead atoms. The highest BCUT2D eigenvalue weighted by Gasteiger charge is 2.14. The Labute approximate surface area is 143 Å². The summed E-state index contributed by atoms with van der Waals surface area (Å²) in [4.78, 5) is 4.76. The van der Waals surface area contributed by atoms with Crippen LogP contribution in [0.5, 0.6) is 0 Å². The van der Waals surface area contributed by atoms with E-state index in [0.29, 0.717) is 12.0 Å². The molecular weight excluding hydrogens is 298 g/mol. The molecule has 0 aliphatic carbocycles. The summed E-state index contributed by atoms with van der Waals surface area (Å²) >= 11 is 0. The molecule has 0 aliphatic heterocycles. The summed E-state index contributed by atoms with van der Waals surface area (Å²) in [6, 6.07) is 12.7. The monoisotopic (exact) mass is 323 g/mol. The van der Waals surface area contributed by atoms with Crippen LogP contribution in [0.15, 0.2) is 42.6 Å². The quantitative estimate of drug-likeness (QED) is 0.711. The minimum Gasteiger partial charge on any atom is -0.368 e. The highest BCUT2D eigenvalue weighted by atomic mass is 15.3. The third-order valence-electron chi connectivity index (χ3n) is 3.87. The summed E-state index contributed by atoms with van der Waals surface area (Å²) in [5, 5.41) is 11.4. The van der Waals surface area contributed by atoms with Gasteiger partial charge in [0.15, 0.2) is 5.65 Å². The Morgan fingerprint density at radius 3 is 2.50 bits per heavy atom. The van der Waals surface area contributed by atoms with Crippen molar-refractivity contribution < 1.29 is 0 Å². The second kappa shape index (κ2) is 6.91. The molecule has 24 heavy (non-hydrogen) atoms. The third-order valence-corrected chi connectivity index (χ3v) is 3.87. The lowest BCUT2D eigenvalue weighted by molar-refractivity contribution is 0.865. The molecule has 5 nitrogen and oxygen atoms in total. The average Bonchev–Trinajstić information content (AvgIpc) is 2.97. The Hall–Kier alpha value is -2.56. The van der Waals surface area contributed by atoms with Gasteiger partial charge in [-0.3, -0.25) is 0 Å². The van der Waals surface area contributed by atoms with Crippen molar-refractivity contribution in [3.63, 3.8) is 0 Å². The Kier molecular flexibility index (Phi) is 4.69. The maximum absolute atomic E-state index is 4.76. The van der Waals surface area contributed by atoms with Crippen LogP contribution in [-0.2, 0) is 6.54 Å². The zero-order valence-electron chi connectivity index (χ0n) is 14.7.